The molecule has 1 unspecified atom stereocenters. The fourth-order valence-corrected chi connectivity index (χ4v) is 3.29. The van der Waals surface area contributed by atoms with Gasteiger partial charge >= 0.3 is 0 Å². The molecule has 0 spiro atoms. The van der Waals surface area contributed by atoms with Crippen LogP contribution in [0.3, 0.4) is 0 Å². The maximum absolute atomic E-state index is 13.9. The minimum atomic E-state index is -2.19. The van der Waals surface area contributed by atoms with Gasteiger partial charge in [-0.15, -0.1) is 0 Å². The highest BCUT2D eigenvalue weighted by atomic mass is 19.2. The van der Waals surface area contributed by atoms with Crippen LogP contribution in [-0.4, -0.2) is 25.3 Å². The van der Waals surface area contributed by atoms with Gasteiger partial charge in [0.25, 0.3) is 5.97 Å². The van der Waals surface area contributed by atoms with Crippen molar-refractivity contribution in [2.75, 3.05) is 14.2 Å². The van der Waals surface area contributed by atoms with Gasteiger partial charge in [0.15, 0.2) is 23.3 Å². The lowest BCUT2D eigenvalue weighted by Gasteiger charge is -2.33. The number of benzene rings is 1. The molecule has 1 N–H and O–H groups in total. The van der Waals surface area contributed by atoms with E-state index in [1.807, 2.05) is 0 Å². The summed E-state index contributed by atoms with van der Waals surface area (Å²) in [5, 5.41) is 10.5. The summed E-state index contributed by atoms with van der Waals surface area (Å²) < 4.78 is 77.7. The molecule has 8 heteroatoms. The zero-order chi connectivity index (χ0) is 21.3. The van der Waals surface area contributed by atoms with E-state index in [1.54, 1.807) is 0 Å². The first kappa shape index (κ1) is 24.8. The van der Waals surface area contributed by atoms with Crippen LogP contribution in [0.5, 0.6) is 0 Å². The standard InChI is InChI=1S/C20H29F5O3/c1-4-5-6-7-8-9-10-13(20(26,27-2)28-3)11-12-14-15(21)17(23)19(25)18(24)16(14)22/h13,26H,4-12H2,1-3H3. The van der Waals surface area contributed by atoms with Gasteiger partial charge in [0.1, 0.15) is 0 Å². The molecule has 0 bridgehead atoms. The maximum Gasteiger partial charge on any atom is 0.282 e. The first-order valence-electron chi connectivity index (χ1n) is 9.56. The molecule has 1 aromatic carbocycles. The molecule has 162 valence electrons. The molecule has 28 heavy (non-hydrogen) atoms. The Morgan fingerprint density at radius 2 is 1.21 bits per heavy atom. The van der Waals surface area contributed by atoms with Crippen LogP contribution in [0.25, 0.3) is 0 Å². The second-order valence-electron chi connectivity index (χ2n) is 6.88. The molecule has 0 radical (unpaired) electrons. The number of rotatable bonds is 13. The Hall–Kier alpha value is -1.25. The molecule has 0 aliphatic carbocycles. The monoisotopic (exact) mass is 412 g/mol. The SMILES string of the molecule is CCCCCCCCC(CCc1c(F)c(F)c(F)c(F)c1F)C(O)(OC)OC. The van der Waals surface area contributed by atoms with Gasteiger partial charge < -0.3 is 14.6 Å². The quantitative estimate of drug-likeness (QED) is 0.150. The molecule has 1 atom stereocenters. The summed E-state index contributed by atoms with van der Waals surface area (Å²) in [5.41, 5.74) is -0.904. The molecule has 0 amide bonds. The summed E-state index contributed by atoms with van der Waals surface area (Å²) in [6.07, 6.45) is 5.82. The van der Waals surface area contributed by atoms with Crippen molar-refractivity contribution in [3.8, 4) is 0 Å². The summed E-state index contributed by atoms with van der Waals surface area (Å²) >= 11 is 0. The van der Waals surface area contributed by atoms with Crippen LogP contribution in [0.2, 0.25) is 0 Å². The van der Waals surface area contributed by atoms with Gasteiger partial charge in [-0.1, -0.05) is 45.4 Å². The van der Waals surface area contributed by atoms with Crippen molar-refractivity contribution in [3.63, 3.8) is 0 Å². The predicted octanol–water partition coefficient (Wildman–Crippen LogP) is 5.62. The zero-order valence-electron chi connectivity index (χ0n) is 16.6. The van der Waals surface area contributed by atoms with E-state index in [2.05, 4.69) is 6.92 Å². The number of hydrogen-bond donors (Lipinski definition) is 1. The average Bonchev–Trinajstić information content (AvgIpc) is 2.71. The van der Waals surface area contributed by atoms with Gasteiger partial charge in [-0.05, 0) is 19.3 Å². The lowest BCUT2D eigenvalue weighted by Crippen LogP contribution is -2.42. The fourth-order valence-electron chi connectivity index (χ4n) is 3.29. The minimum Gasteiger partial charge on any atom is -0.343 e. The molecule has 0 saturated carbocycles. The average molecular weight is 412 g/mol. The third kappa shape index (κ3) is 6.12. The molecule has 1 rings (SSSR count). The summed E-state index contributed by atoms with van der Waals surface area (Å²) in [6.45, 7) is 2.10. The highest BCUT2D eigenvalue weighted by molar-refractivity contribution is 5.24. The third-order valence-electron chi connectivity index (χ3n) is 5.05. The van der Waals surface area contributed by atoms with Crippen molar-refractivity contribution in [2.24, 2.45) is 5.92 Å². The van der Waals surface area contributed by atoms with Crippen molar-refractivity contribution >= 4 is 0 Å². The largest absolute Gasteiger partial charge is 0.343 e. The van der Waals surface area contributed by atoms with Crippen LogP contribution in [-0.2, 0) is 15.9 Å². The van der Waals surface area contributed by atoms with Gasteiger partial charge in [-0.2, -0.15) is 0 Å². The van der Waals surface area contributed by atoms with E-state index in [9.17, 15) is 27.1 Å². The van der Waals surface area contributed by atoms with E-state index in [4.69, 9.17) is 9.47 Å². The van der Waals surface area contributed by atoms with Gasteiger partial charge in [0, 0.05) is 25.7 Å². The molecule has 0 fully saturated rings. The van der Waals surface area contributed by atoms with Gasteiger partial charge in [0.2, 0.25) is 5.82 Å². The summed E-state index contributed by atoms with van der Waals surface area (Å²) in [6, 6.07) is 0. The van der Waals surface area contributed by atoms with E-state index in [1.165, 1.54) is 14.2 Å². The van der Waals surface area contributed by atoms with Crippen molar-refractivity contribution in [3.05, 3.63) is 34.6 Å². The fraction of sp³-hybridized carbons (Fsp3) is 0.700. The molecule has 0 heterocycles. The normalized spacial score (nSPS) is 13.2. The van der Waals surface area contributed by atoms with E-state index in [-0.39, 0.29) is 6.42 Å². The van der Waals surface area contributed by atoms with Crippen LogP contribution < -0.4 is 0 Å². The molecule has 0 saturated heterocycles. The van der Waals surface area contributed by atoms with Crippen molar-refractivity contribution in [2.45, 2.75) is 70.7 Å². The zero-order valence-corrected chi connectivity index (χ0v) is 16.6. The Bertz CT molecular complexity index is 591. The Kier molecular flexibility index (Phi) is 10.3. The number of hydrogen-bond acceptors (Lipinski definition) is 3. The molecule has 0 aliphatic rings. The third-order valence-corrected chi connectivity index (χ3v) is 5.05. The van der Waals surface area contributed by atoms with Gasteiger partial charge in [-0.3, -0.25) is 0 Å². The first-order chi connectivity index (χ1) is 13.2. The van der Waals surface area contributed by atoms with Crippen LogP contribution in [0, 0.1) is 35.0 Å². The van der Waals surface area contributed by atoms with Crippen molar-refractivity contribution in [1.29, 1.82) is 0 Å². The van der Waals surface area contributed by atoms with E-state index < -0.39 is 53.0 Å². The smallest absolute Gasteiger partial charge is 0.282 e. The number of halogens is 5. The van der Waals surface area contributed by atoms with E-state index in [0.717, 1.165) is 32.1 Å². The minimum absolute atomic E-state index is 0.0779. The second kappa shape index (κ2) is 11.7. The highest BCUT2D eigenvalue weighted by Gasteiger charge is 2.37. The van der Waals surface area contributed by atoms with Gasteiger partial charge in [-0.25, -0.2) is 22.0 Å². The number of methoxy groups -OCH3 is 2. The predicted molar refractivity (Wildman–Crippen MR) is 95.0 cm³/mol. The Morgan fingerprint density at radius 3 is 1.71 bits per heavy atom. The van der Waals surface area contributed by atoms with Crippen molar-refractivity contribution < 1.29 is 36.5 Å². The molecule has 0 aromatic heterocycles. The lowest BCUT2D eigenvalue weighted by molar-refractivity contribution is -0.369. The summed E-state index contributed by atoms with van der Waals surface area (Å²) in [7, 11) is 2.44. The Balaban J connectivity index is 2.88. The topological polar surface area (TPSA) is 38.7 Å². The maximum atomic E-state index is 13.9. The second-order valence-corrected chi connectivity index (χ2v) is 6.88. The number of unbranched alkanes of at least 4 members (excludes halogenated alkanes) is 5. The number of aliphatic hydroxyl groups is 1. The molecule has 1 aromatic rings. The summed E-state index contributed by atoms with van der Waals surface area (Å²) in [5.74, 6) is -12.6. The van der Waals surface area contributed by atoms with Crippen LogP contribution in [0.1, 0.15) is 63.9 Å². The van der Waals surface area contributed by atoms with Crippen molar-refractivity contribution in [1.82, 2.24) is 0 Å². The molecule has 0 aliphatic heterocycles. The van der Waals surface area contributed by atoms with E-state index in [0.29, 0.717) is 12.8 Å². The van der Waals surface area contributed by atoms with Crippen LogP contribution >= 0.6 is 0 Å². The van der Waals surface area contributed by atoms with Gasteiger partial charge in [0.05, 0.1) is 0 Å². The van der Waals surface area contributed by atoms with Crippen LogP contribution in [0.15, 0.2) is 0 Å². The number of ether oxygens (including phenoxy) is 2. The molecular weight excluding hydrogens is 383 g/mol. The Morgan fingerprint density at radius 1 is 0.750 bits per heavy atom. The van der Waals surface area contributed by atoms with E-state index >= 15 is 0 Å². The summed E-state index contributed by atoms with van der Waals surface area (Å²) in [4.78, 5) is 0. The molecular formula is C20H29F5O3. The Labute approximate surface area is 162 Å². The first-order valence-corrected chi connectivity index (χ1v) is 9.56. The highest BCUT2D eigenvalue weighted by Crippen LogP contribution is 2.32. The lowest BCUT2D eigenvalue weighted by atomic mass is 9.91. The van der Waals surface area contributed by atoms with Crippen LogP contribution in [0.4, 0.5) is 22.0 Å². The molecule has 3 nitrogen and oxygen atoms in total.